The second kappa shape index (κ2) is 3.87. The first-order valence-corrected chi connectivity index (χ1v) is 2.67. The molecular weight excluding hydrogens is 118 g/mol. The first-order valence-electron chi connectivity index (χ1n) is 2.67. The summed E-state index contributed by atoms with van der Waals surface area (Å²) in [6.07, 6.45) is 2.05. The van der Waals surface area contributed by atoms with Gasteiger partial charge in [0.2, 0.25) is 5.91 Å². The Kier molecular flexibility index (Phi) is 3.40. The fourth-order valence-corrected chi connectivity index (χ4v) is 0.333. The Hall–Kier alpha value is -1.08. The molecule has 1 atom stereocenters. The normalized spacial score (nSPS) is 11.7. The van der Waals surface area contributed by atoms with Crippen molar-refractivity contribution < 1.29 is 4.79 Å². The van der Waals surface area contributed by atoms with Crippen LogP contribution in [0.4, 0.5) is 0 Å². The third kappa shape index (κ3) is 2.67. The Bertz CT molecular complexity index is 138. The van der Waals surface area contributed by atoms with Gasteiger partial charge in [-0.2, -0.15) is 5.26 Å². The first kappa shape index (κ1) is 7.92. The van der Waals surface area contributed by atoms with E-state index < -0.39 is 11.9 Å². The zero-order valence-electron chi connectivity index (χ0n) is 5.22. The molecule has 0 spiro atoms. The molecule has 0 rings (SSSR count). The first-order chi connectivity index (χ1) is 4.22. The van der Waals surface area contributed by atoms with Gasteiger partial charge in [0.25, 0.3) is 0 Å². The summed E-state index contributed by atoms with van der Waals surface area (Å²) in [5.74, 6) is -0.417. The third-order valence-corrected chi connectivity index (χ3v) is 0.956. The molecule has 0 heterocycles. The quantitative estimate of drug-likeness (QED) is 0.381. The maximum atomic E-state index is 10.5. The van der Waals surface area contributed by atoms with E-state index in [9.17, 15) is 4.79 Å². The largest absolute Gasteiger partial charge is 0.320 e. The molecule has 0 fully saturated rings. The van der Waals surface area contributed by atoms with Crippen LogP contribution < -0.4 is 11.1 Å². The summed E-state index contributed by atoms with van der Waals surface area (Å²) in [6.45, 7) is 1.78. The molecule has 1 amide bonds. The van der Waals surface area contributed by atoms with Gasteiger partial charge in [-0.3, -0.25) is 10.1 Å². The number of hydrogen-bond donors (Lipinski definition) is 2. The number of rotatable bonds is 2. The highest BCUT2D eigenvalue weighted by Gasteiger charge is 2.08. The maximum Gasteiger partial charge on any atom is 0.249 e. The van der Waals surface area contributed by atoms with Crippen LogP contribution >= 0.6 is 0 Å². The number of hydrogen-bond acceptors (Lipinski definition) is 3. The smallest absolute Gasteiger partial charge is 0.249 e. The van der Waals surface area contributed by atoms with Gasteiger partial charge >= 0.3 is 0 Å². The molecule has 50 valence electrons. The van der Waals surface area contributed by atoms with E-state index in [0.29, 0.717) is 6.42 Å². The predicted octanol–water partition coefficient (Wildman–Crippen LogP) is -0.679. The van der Waals surface area contributed by atoms with E-state index in [1.807, 2.05) is 5.32 Å². The number of amides is 1. The summed E-state index contributed by atoms with van der Waals surface area (Å²) in [4.78, 5) is 10.5. The molecule has 3 N–H and O–H groups in total. The minimum Gasteiger partial charge on any atom is -0.320 e. The number of nitrogens with one attached hydrogen (secondary N) is 1. The lowest BCUT2D eigenvalue weighted by atomic mass is 10.2. The molecule has 0 radical (unpaired) electrons. The number of nitrogens with zero attached hydrogens (tertiary/aromatic N) is 1. The van der Waals surface area contributed by atoms with E-state index in [1.54, 1.807) is 6.92 Å². The Morgan fingerprint density at radius 3 is 2.89 bits per heavy atom. The molecular formula is C5H9N3O. The van der Waals surface area contributed by atoms with Crippen molar-refractivity contribution in [2.24, 2.45) is 5.73 Å². The highest BCUT2D eigenvalue weighted by molar-refractivity contribution is 5.82. The molecule has 0 aliphatic rings. The lowest BCUT2D eigenvalue weighted by Crippen LogP contribution is -2.37. The maximum absolute atomic E-state index is 10.5. The van der Waals surface area contributed by atoms with Crippen molar-refractivity contribution in [2.75, 3.05) is 0 Å². The van der Waals surface area contributed by atoms with Crippen molar-refractivity contribution in [1.29, 1.82) is 5.26 Å². The third-order valence-electron chi connectivity index (χ3n) is 0.956. The Labute approximate surface area is 53.6 Å². The van der Waals surface area contributed by atoms with Crippen LogP contribution in [0.25, 0.3) is 0 Å². The number of nitriles is 1. The van der Waals surface area contributed by atoms with Crippen molar-refractivity contribution in [3.8, 4) is 6.19 Å². The molecule has 0 aromatic heterocycles. The van der Waals surface area contributed by atoms with Crippen LogP contribution in [-0.4, -0.2) is 11.9 Å². The van der Waals surface area contributed by atoms with Crippen molar-refractivity contribution in [3.63, 3.8) is 0 Å². The highest BCUT2D eigenvalue weighted by atomic mass is 16.2. The molecule has 0 saturated heterocycles. The monoisotopic (exact) mass is 127 g/mol. The lowest BCUT2D eigenvalue weighted by Gasteiger charge is -2.02. The standard InChI is InChI=1S/C5H9N3O/c1-2-4(7)5(9)8-3-6/h4H,2,7H2,1H3,(H,8,9)/t4-/m0/s1. The molecule has 0 aromatic rings. The Morgan fingerprint density at radius 1 is 2.00 bits per heavy atom. The molecule has 0 aliphatic carbocycles. The van der Waals surface area contributed by atoms with Crippen LogP contribution in [-0.2, 0) is 4.79 Å². The molecule has 0 aromatic carbocycles. The van der Waals surface area contributed by atoms with Gasteiger partial charge in [-0.05, 0) is 6.42 Å². The lowest BCUT2D eigenvalue weighted by molar-refractivity contribution is -0.121. The number of nitrogens with two attached hydrogens (primary N) is 1. The summed E-state index contributed by atoms with van der Waals surface area (Å²) >= 11 is 0. The number of carbonyl (C=O) groups is 1. The second-order valence-electron chi connectivity index (χ2n) is 1.62. The summed E-state index contributed by atoms with van der Waals surface area (Å²) in [5, 5.41) is 9.88. The zero-order chi connectivity index (χ0) is 7.28. The van der Waals surface area contributed by atoms with Gasteiger partial charge in [-0.15, -0.1) is 0 Å². The summed E-state index contributed by atoms with van der Waals surface area (Å²) in [6, 6.07) is -0.551. The predicted molar refractivity (Wildman–Crippen MR) is 32.0 cm³/mol. The van der Waals surface area contributed by atoms with Gasteiger partial charge < -0.3 is 5.73 Å². The van der Waals surface area contributed by atoms with Crippen LogP contribution in [0.15, 0.2) is 0 Å². The summed E-state index contributed by atoms with van der Waals surface area (Å²) in [7, 11) is 0. The fraction of sp³-hybridized carbons (Fsp3) is 0.600. The minimum absolute atomic E-state index is 0.417. The molecule has 0 unspecified atom stereocenters. The molecule has 0 aliphatic heterocycles. The SMILES string of the molecule is CC[C@H](N)C(=O)NC#N. The van der Waals surface area contributed by atoms with E-state index >= 15 is 0 Å². The van der Waals surface area contributed by atoms with E-state index in [1.165, 1.54) is 6.19 Å². The topological polar surface area (TPSA) is 78.9 Å². The van der Waals surface area contributed by atoms with Crippen molar-refractivity contribution in [2.45, 2.75) is 19.4 Å². The fourth-order valence-electron chi connectivity index (χ4n) is 0.333. The average molecular weight is 127 g/mol. The second-order valence-corrected chi connectivity index (χ2v) is 1.62. The van der Waals surface area contributed by atoms with Crippen LogP contribution in [0.2, 0.25) is 0 Å². The molecule has 4 heteroatoms. The van der Waals surface area contributed by atoms with Crippen molar-refractivity contribution >= 4 is 5.91 Å². The van der Waals surface area contributed by atoms with E-state index in [0.717, 1.165) is 0 Å². The zero-order valence-corrected chi connectivity index (χ0v) is 5.22. The van der Waals surface area contributed by atoms with E-state index in [4.69, 9.17) is 11.0 Å². The average Bonchev–Trinajstić information content (AvgIpc) is 1.87. The number of carbonyl (C=O) groups excluding carboxylic acids is 1. The summed E-state index contributed by atoms with van der Waals surface area (Å²) in [5.41, 5.74) is 5.24. The van der Waals surface area contributed by atoms with E-state index in [2.05, 4.69) is 0 Å². The van der Waals surface area contributed by atoms with Crippen molar-refractivity contribution in [1.82, 2.24) is 5.32 Å². The Balaban J connectivity index is 3.62. The van der Waals surface area contributed by atoms with Crippen molar-refractivity contribution in [3.05, 3.63) is 0 Å². The van der Waals surface area contributed by atoms with Crippen LogP contribution in [0.5, 0.6) is 0 Å². The molecule has 4 nitrogen and oxygen atoms in total. The minimum atomic E-state index is -0.551. The van der Waals surface area contributed by atoms with Gasteiger partial charge in [0.1, 0.15) is 0 Å². The van der Waals surface area contributed by atoms with Gasteiger partial charge in [-0.1, -0.05) is 6.92 Å². The van der Waals surface area contributed by atoms with Gasteiger partial charge in [-0.25, -0.2) is 0 Å². The Morgan fingerprint density at radius 2 is 2.56 bits per heavy atom. The summed E-state index contributed by atoms with van der Waals surface area (Å²) < 4.78 is 0. The van der Waals surface area contributed by atoms with Crippen LogP contribution in [0, 0.1) is 11.5 Å². The van der Waals surface area contributed by atoms with Crippen LogP contribution in [0.1, 0.15) is 13.3 Å². The van der Waals surface area contributed by atoms with Gasteiger partial charge in [0.05, 0.1) is 6.04 Å². The molecule has 0 bridgehead atoms. The van der Waals surface area contributed by atoms with E-state index in [-0.39, 0.29) is 0 Å². The van der Waals surface area contributed by atoms with Crippen LogP contribution in [0.3, 0.4) is 0 Å². The molecule has 9 heavy (non-hydrogen) atoms. The van der Waals surface area contributed by atoms with Gasteiger partial charge in [0, 0.05) is 0 Å². The highest BCUT2D eigenvalue weighted by Crippen LogP contribution is 1.83. The van der Waals surface area contributed by atoms with Gasteiger partial charge in [0.15, 0.2) is 6.19 Å². The molecule has 0 saturated carbocycles.